The van der Waals surface area contributed by atoms with Gasteiger partial charge in [0.25, 0.3) is 0 Å². The molecule has 0 amide bonds. The SMILES string of the molecule is CCC(C)(C)C(=O)OCC(=O)OCC(=O)OC1CCOC1=O. The van der Waals surface area contributed by atoms with Crippen LogP contribution in [0.4, 0.5) is 0 Å². The summed E-state index contributed by atoms with van der Waals surface area (Å²) in [6.45, 7) is 4.17. The minimum atomic E-state index is -0.950. The van der Waals surface area contributed by atoms with E-state index in [9.17, 15) is 19.2 Å². The lowest BCUT2D eigenvalue weighted by Gasteiger charge is -2.19. The van der Waals surface area contributed by atoms with Crippen molar-refractivity contribution in [3.63, 3.8) is 0 Å². The molecular weight excluding hydrogens is 296 g/mol. The maximum atomic E-state index is 11.6. The summed E-state index contributed by atoms with van der Waals surface area (Å²) in [6.07, 6.45) is -0.109. The Hall–Kier alpha value is -2.12. The number of rotatable bonds is 7. The molecule has 1 unspecified atom stereocenters. The Kier molecular flexibility index (Phi) is 6.33. The molecule has 1 fully saturated rings. The third kappa shape index (κ3) is 5.34. The fraction of sp³-hybridized carbons (Fsp3) is 0.714. The molecule has 8 heteroatoms. The van der Waals surface area contributed by atoms with Gasteiger partial charge in [-0.25, -0.2) is 14.4 Å². The van der Waals surface area contributed by atoms with Crippen molar-refractivity contribution in [2.24, 2.45) is 5.41 Å². The van der Waals surface area contributed by atoms with E-state index in [2.05, 4.69) is 9.47 Å². The van der Waals surface area contributed by atoms with Gasteiger partial charge in [-0.15, -0.1) is 0 Å². The molecular formula is C14H20O8. The molecule has 22 heavy (non-hydrogen) atoms. The van der Waals surface area contributed by atoms with Crippen LogP contribution in [0, 0.1) is 5.41 Å². The van der Waals surface area contributed by atoms with Gasteiger partial charge in [0.1, 0.15) is 0 Å². The zero-order valence-electron chi connectivity index (χ0n) is 12.9. The van der Waals surface area contributed by atoms with Crippen LogP contribution in [-0.2, 0) is 38.1 Å². The van der Waals surface area contributed by atoms with Crippen molar-refractivity contribution < 1.29 is 38.1 Å². The molecule has 0 aliphatic carbocycles. The van der Waals surface area contributed by atoms with Crippen molar-refractivity contribution >= 4 is 23.9 Å². The maximum absolute atomic E-state index is 11.6. The molecule has 0 bridgehead atoms. The van der Waals surface area contributed by atoms with Crippen molar-refractivity contribution in [2.75, 3.05) is 19.8 Å². The van der Waals surface area contributed by atoms with Crippen LogP contribution in [0.2, 0.25) is 0 Å². The molecule has 0 N–H and O–H groups in total. The summed E-state index contributed by atoms with van der Waals surface area (Å²) >= 11 is 0. The van der Waals surface area contributed by atoms with Crippen LogP contribution in [0.3, 0.4) is 0 Å². The van der Waals surface area contributed by atoms with Gasteiger partial charge in [-0.3, -0.25) is 4.79 Å². The highest BCUT2D eigenvalue weighted by molar-refractivity contribution is 5.83. The quantitative estimate of drug-likeness (QED) is 0.490. The van der Waals surface area contributed by atoms with Gasteiger partial charge >= 0.3 is 23.9 Å². The second kappa shape index (κ2) is 7.77. The molecule has 1 heterocycles. The van der Waals surface area contributed by atoms with Gasteiger partial charge in [0, 0.05) is 6.42 Å². The third-order valence-electron chi connectivity index (χ3n) is 3.27. The average Bonchev–Trinajstić information content (AvgIpc) is 2.87. The van der Waals surface area contributed by atoms with Gasteiger partial charge in [-0.05, 0) is 20.3 Å². The zero-order chi connectivity index (χ0) is 16.8. The van der Waals surface area contributed by atoms with Crippen LogP contribution in [-0.4, -0.2) is 49.8 Å². The smallest absolute Gasteiger partial charge is 0.347 e. The number of hydrogen-bond donors (Lipinski definition) is 0. The summed E-state index contributed by atoms with van der Waals surface area (Å²) in [4.78, 5) is 45.5. The molecule has 1 rings (SSSR count). The first-order valence-corrected chi connectivity index (χ1v) is 6.95. The van der Waals surface area contributed by atoms with Crippen LogP contribution in [0.1, 0.15) is 33.6 Å². The number of hydrogen-bond acceptors (Lipinski definition) is 8. The Labute approximate surface area is 128 Å². The van der Waals surface area contributed by atoms with Crippen LogP contribution in [0.5, 0.6) is 0 Å². The van der Waals surface area contributed by atoms with Crippen LogP contribution in [0.15, 0.2) is 0 Å². The lowest BCUT2D eigenvalue weighted by Crippen LogP contribution is -2.30. The highest BCUT2D eigenvalue weighted by Gasteiger charge is 2.31. The normalized spacial score (nSPS) is 17.6. The van der Waals surface area contributed by atoms with Crippen molar-refractivity contribution in [3.8, 4) is 0 Å². The molecule has 0 aromatic heterocycles. The van der Waals surface area contributed by atoms with E-state index in [0.29, 0.717) is 6.42 Å². The average molecular weight is 316 g/mol. The van der Waals surface area contributed by atoms with Crippen molar-refractivity contribution in [2.45, 2.75) is 39.7 Å². The molecule has 0 saturated carbocycles. The number of esters is 4. The first-order valence-electron chi connectivity index (χ1n) is 6.95. The van der Waals surface area contributed by atoms with Gasteiger partial charge in [0.05, 0.1) is 12.0 Å². The molecule has 0 radical (unpaired) electrons. The second-order valence-electron chi connectivity index (χ2n) is 5.41. The summed E-state index contributed by atoms with van der Waals surface area (Å²) < 4.78 is 18.8. The number of cyclic esters (lactones) is 1. The van der Waals surface area contributed by atoms with Crippen molar-refractivity contribution in [1.82, 2.24) is 0 Å². The summed E-state index contributed by atoms with van der Waals surface area (Å²) in [5.41, 5.74) is -0.692. The Morgan fingerprint density at radius 1 is 1.18 bits per heavy atom. The molecule has 0 aromatic rings. The Morgan fingerprint density at radius 3 is 2.36 bits per heavy atom. The summed E-state index contributed by atoms with van der Waals surface area (Å²) in [6, 6.07) is 0. The molecule has 1 saturated heterocycles. The van der Waals surface area contributed by atoms with E-state index in [4.69, 9.17) is 9.47 Å². The van der Waals surface area contributed by atoms with Gasteiger partial charge in [0.2, 0.25) is 6.10 Å². The third-order valence-corrected chi connectivity index (χ3v) is 3.27. The Bertz CT molecular complexity index is 454. The van der Waals surface area contributed by atoms with Gasteiger partial charge in [-0.2, -0.15) is 0 Å². The van der Waals surface area contributed by atoms with Gasteiger partial charge in [-0.1, -0.05) is 6.92 Å². The highest BCUT2D eigenvalue weighted by Crippen LogP contribution is 2.21. The predicted molar refractivity (Wildman–Crippen MR) is 71.4 cm³/mol. The van der Waals surface area contributed by atoms with E-state index in [0.717, 1.165) is 0 Å². The lowest BCUT2D eigenvalue weighted by molar-refractivity contribution is -0.171. The van der Waals surface area contributed by atoms with Gasteiger partial charge < -0.3 is 18.9 Å². The standard InChI is InChI=1S/C14H20O8/c1-4-14(2,3)13(18)21-7-10(15)20-8-11(16)22-9-5-6-19-12(9)17/h9H,4-8H2,1-3H3. The maximum Gasteiger partial charge on any atom is 0.347 e. The van der Waals surface area contributed by atoms with Crippen LogP contribution < -0.4 is 0 Å². The number of carbonyl (C=O) groups is 4. The van der Waals surface area contributed by atoms with E-state index < -0.39 is 48.6 Å². The van der Waals surface area contributed by atoms with Crippen molar-refractivity contribution in [3.05, 3.63) is 0 Å². The molecule has 0 spiro atoms. The summed E-state index contributed by atoms with van der Waals surface area (Å²) in [5, 5.41) is 0. The molecule has 1 atom stereocenters. The second-order valence-corrected chi connectivity index (χ2v) is 5.41. The fourth-order valence-corrected chi connectivity index (χ4v) is 1.42. The van der Waals surface area contributed by atoms with E-state index in [-0.39, 0.29) is 13.0 Å². The number of ether oxygens (including phenoxy) is 4. The minimum absolute atomic E-state index is 0.194. The summed E-state index contributed by atoms with van der Waals surface area (Å²) in [7, 11) is 0. The first kappa shape index (κ1) is 17.9. The van der Waals surface area contributed by atoms with E-state index in [1.54, 1.807) is 13.8 Å². The zero-order valence-corrected chi connectivity index (χ0v) is 12.9. The first-order chi connectivity index (χ1) is 10.3. The van der Waals surface area contributed by atoms with Crippen molar-refractivity contribution in [1.29, 1.82) is 0 Å². The fourth-order valence-electron chi connectivity index (χ4n) is 1.42. The predicted octanol–water partition coefficient (Wildman–Crippen LogP) is 0.368. The largest absolute Gasteiger partial charge is 0.463 e. The topological polar surface area (TPSA) is 105 Å². The highest BCUT2D eigenvalue weighted by atomic mass is 16.6. The van der Waals surface area contributed by atoms with E-state index in [1.165, 1.54) is 0 Å². The van der Waals surface area contributed by atoms with E-state index in [1.807, 2.05) is 6.92 Å². The lowest BCUT2D eigenvalue weighted by atomic mass is 9.91. The van der Waals surface area contributed by atoms with Crippen LogP contribution in [0.25, 0.3) is 0 Å². The van der Waals surface area contributed by atoms with Crippen LogP contribution >= 0.6 is 0 Å². The minimum Gasteiger partial charge on any atom is -0.463 e. The molecule has 124 valence electrons. The van der Waals surface area contributed by atoms with Gasteiger partial charge in [0.15, 0.2) is 13.2 Å². The Morgan fingerprint density at radius 2 is 1.82 bits per heavy atom. The molecule has 1 aliphatic rings. The summed E-state index contributed by atoms with van der Waals surface area (Å²) in [5.74, 6) is -2.87. The molecule has 0 aromatic carbocycles. The number of carbonyl (C=O) groups excluding carboxylic acids is 4. The van der Waals surface area contributed by atoms with E-state index >= 15 is 0 Å². The Balaban J connectivity index is 2.24. The molecule has 8 nitrogen and oxygen atoms in total. The molecule has 1 aliphatic heterocycles. The monoisotopic (exact) mass is 316 g/mol.